The molecule has 2 heterocycles. The Morgan fingerprint density at radius 1 is 1.06 bits per heavy atom. The number of aliphatic imine (C=N–C) groups is 1. The number of halogens is 1. The van der Waals surface area contributed by atoms with E-state index < -0.39 is 0 Å². The number of fused-ring (bicyclic) bond motifs is 2. The van der Waals surface area contributed by atoms with Crippen molar-refractivity contribution in [3.63, 3.8) is 0 Å². The van der Waals surface area contributed by atoms with E-state index in [1.807, 2.05) is 30.9 Å². The summed E-state index contributed by atoms with van der Waals surface area (Å²) >= 11 is 0. The first-order valence-electron chi connectivity index (χ1n) is 11.7. The molecule has 1 aliphatic carbocycles. The summed E-state index contributed by atoms with van der Waals surface area (Å²) in [5.41, 5.74) is 5.65. The topological polar surface area (TPSA) is 56.2 Å². The van der Waals surface area contributed by atoms with E-state index >= 15 is 0 Å². The molecule has 0 spiro atoms. The number of amides is 2. The summed E-state index contributed by atoms with van der Waals surface area (Å²) in [5.74, 6) is -0.532. The molecule has 1 saturated heterocycles. The van der Waals surface area contributed by atoms with E-state index in [0.29, 0.717) is 26.2 Å². The van der Waals surface area contributed by atoms with E-state index in [1.165, 1.54) is 12.1 Å². The van der Waals surface area contributed by atoms with Crippen LogP contribution in [0.25, 0.3) is 0 Å². The van der Waals surface area contributed by atoms with Gasteiger partial charge in [-0.2, -0.15) is 0 Å². The number of carbonyl (C=O) groups excluding carboxylic acids is 2. The number of hydrogen-bond donors (Lipinski definition) is 0. The van der Waals surface area contributed by atoms with Crippen molar-refractivity contribution in [2.45, 2.75) is 33.1 Å². The minimum atomic E-state index is -0.255. The summed E-state index contributed by atoms with van der Waals surface area (Å²) in [6.45, 7) is 6.60. The lowest BCUT2D eigenvalue weighted by atomic mass is 10.0. The predicted octanol–water partition coefficient (Wildman–Crippen LogP) is 4.01. The zero-order valence-corrected chi connectivity index (χ0v) is 19.2. The smallest absolute Gasteiger partial charge is 0.242 e. The second-order valence-corrected chi connectivity index (χ2v) is 9.24. The van der Waals surface area contributed by atoms with Crippen LogP contribution in [0.3, 0.4) is 0 Å². The third-order valence-electron chi connectivity index (χ3n) is 7.16. The van der Waals surface area contributed by atoms with E-state index in [4.69, 9.17) is 4.99 Å². The van der Waals surface area contributed by atoms with Gasteiger partial charge in [0.15, 0.2) is 0 Å². The second kappa shape index (κ2) is 8.61. The molecule has 2 aliphatic heterocycles. The van der Waals surface area contributed by atoms with Crippen molar-refractivity contribution in [2.75, 3.05) is 42.5 Å². The first kappa shape index (κ1) is 21.6. The Morgan fingerprint density at radius 2 is 1.76 bits per heavy atom. The highest BCUT2D eigenvalue weighted by Gasteiger charge is 2.38. The summed E-state index contributed by atoms with van der Waals surface area (Å²) in [6.07, 6.45) is 2.60. The molecule has 0 radical (unpaired) electrons. The molecule has 0 bridgehead atoms. The second-order valence-electron chi connectivity index (χ2n) is 9.24. The minimum absolute atomic E-state index is 0.00782. The molecule has 7 heteroatoms. The van der Waals surface area contributed by atoms with E-state index in [9.17, 15) is 14.0 Å². The van der Waals surface area contributed by atoms with Gasteiger partial charge in [-0.15, -0.1) is 0 Å². The fourth-order valence-corrected chi connectivity index (χ4v) is 5.05. The van der Waals surface area contributed by atoms with Crippen molar-refractivity contribution in [2.24, 2.45) is 10.9 Å². The standard InChI is InChI=1S/C26H29FN4O2/c1-17-14-23-24(15-18(17)2)31(26(33)21-4-3-5-22(21)28-23)16-25(32)30-12-10-29(11-13-30)20-8-6-19(27)7-9-20/h6-9,14-15,21H,3-5,10-13,16H2,1-2H3. The number of hydrogen-bond acceptors (Lipinski definition) is 4. The lowest BCUT2D eigenvalue weighted by Crippen LogP contribution is -2.52. The predicted molar refractivity (Wildman–Crippen MR) is 128 cm³/mol. The number of carbonyl (C=O) groups is 2. The molecule has 5 rings (SSSR count). The summed E-state index contributed by atoms with van der Waals surface area (Å²) in [7, 11) is 0. The Hall–Kier alpha value is -3.22. The van der Waals surface area contributed by atoms with Crippen molar-refractivity contribution in [3.05, 3.63) is 53.3 Å². The highest BCUT2D eigenvalue weighted by molar-refractivity contribution is 6.16. The highest BCUT2D eigenvalue weighted by atomic mass is 19.1. The molecule has 172 valence electrons. The van der Waals surface area contributed by atoms with E-state index in [0.717, 1.165) is 53.2 Å². The molecule has 2 amide bonds. The fourth-order valence-electron chi connectivity index (χ4n) is 5.05. The van der Waals surface area contributed by atoms with Crippen molar-refractivity contribution in [1.29, 1.82) is 0 Å². The number of benzene rings is 2. The SMILES string of the molecule is Cc1cc2c(cc1C)N(CC(=O)N1CCN(c3ccc(F)cc3)CC1)C(=O)C1CCCC1=N2. The first-order chi connectivity index (χ1) is 15.9. The van der Waals surface area contributed by atoms with Gasteiger partial charge in [0.1, 0.15) is 12.4 Å². The number of piperazine rings is 1. The van der Waals surface area contributed by atoms with Crippen LogP contribution in [-0.4, -0.2) is 55.1 Å². The molecule has 33 heavy (non-hydrogen) atoms. The molecular formula is C26H29FN4O2. The van der Waals surface area contributed by atoms with E-state index in [2.05, 4.69) is 4.90 Å². The summed E-state index contributed by atoms with van der Waals surface area (Å²) < 4.78 is 13.2. The molecule has 6 nitrogen and oxygen atoms in total. The zero-order valence-electron chi connectivity index (χ0n) is 19.2. The quantitative estimate of drug-likeness (QED) is 0.713. The van der Waals surface area contributed by atoms with Gasteiger partial charge in [-0.1, -0.05) is 0 Å². The van der Waals surface area contributed by atoms with Crippen LogP contribution in [0.1, 0.15) is 30.4 Å². The molecule has 1 saturated carbocycles. The molecule has 3 aliphatic rings. The maximum absolute atomic E-state index is 13.5. The van der Waals surface area contributed by atoms with Gasteiger partial charge in [0.05, 0.1) is 17.3 Å². The van der Waals surface area contributed by atoms with E-state index in [1.54, 1.807) is 17.0 Å². The van der Waals surface area contributed by atoms with Gasteiger partial charge in [0.2, 0.25) is 11.8 Å². The molecule has 1 unspecified atom stereocenters. The van der Waals surface area contributed by atoms with Crippen LogP contribution >= 0.6 is 0 Å². The molecule has 2 aromatic rings. The molecule has 2 aromatic carbocycles. The van der Waals surface area contributed by atoms with Crippen LogP contribution in [0.4, 0.5) is 21.5 Å². The maximum Gasteiger partial charge on any atom is 0.242 e. The Kier molecular flexibility index (Phi) is 5.64. The van der Waals surface area contributed by atoms with Crippen LogP contribution in [0.5, 0.6) is 0 Å². The van der Waals surface area contributed by atoms with Crippen LogP contribution in [0, 0.1) is 25.6 Å². The number of rotatable bonds is 3. The zero-order chi connectivity index (χ0) is 23.1. The van der Waals surface area contributed by atoms with Gasteiger partial charge < -0.3 is 14.7 Å². The Morgan fingerprint density at radius 3 is 2.48 bits per heavy atom. The summed E-state index contributed by atoms with van der Waals surface area (Å²) in [5, 5.41) is 0. The normalized spacial score (nSPS) is 20.3. The van der Waals surface area contributed by atoms with Crippen molar-refractivity contribution < 1.29 is 14.0 Å². The van der Waals surface area contributed by atoms with Gasteiger partial charge in [0, 0.05) is 37.6 Å². The Labute approximate surface area is 193 Å². The third-order valence-corrected chi connectivity index (χ3v) is 7.16. The van der Waals surface area contributed by atoms with Gasteiger partial charge in [-0.25, -0.2) is 4.39 Å². The average Bonchev–Trinajstić information content (AvgIpc) is 3.24. The lowest BCUT2D eigenvalue weighted by Gasteiger charge is -2.37. The van der Waals surface area contributed by atoms with Crippen LogP contribution in [0.15, 0.2) is 41.4 Å². The van der Waals surface area contributed by atoms with Crippen molar-refractivity contribution in [3.8, 4) is 0 Å². The maximum atomic E-state index is 13.5. The van der Waals surface area contributed by atoms with Gasteiger partial charge >= 0.3 is 0 Å². The van der Waals surface area contributed by atoms with Crippen LogP contribution in [0.2, 0.25) is 0 Å². The third kappa shape index (κ3) is 4.12. The van der Waals surface area contributed by atoms with Crippen LogP contribution < -0.4 is 9.80 Å². The van der Waals surface area contributed by atoms with Gasteiger partial charge in [-0.05, 0) is 80.6 Å². The largest absolute Gasteiger partial charge is 0.368 e. The number of anilines is 2. The Bertz CT molecular complexity index is 1120. The van der Waals surface area contributed by atoms with Crippen LogP contribution in [-0.2, 0) is 9.59 Å². The molecule has 1 atom stereocenters. The fraction of sp³-hybridized carbons (Fsp3) is 0.423. The lowest BCUT2D eigenvalue weighted by molar-refractivity contribution is -0.132. The molecule has 0 N–H and O–H groups in total. The van der Waals surface area contributed by atoms with Gasteiger partial charge in [0.25, 0.3) is 0 Å². The van der Waals surface area contributed by atoms with Gasteiger partial charge in [-0.3, -0.25) is 14.6 Å². The van der Waals surface area contributed by atoms with Crippen molar-refractivity contribution in [1.82, 2.24) is 4.90 Å². The number of nitrogens with zero attached hydrogens (tertiary/aromatic N) is 4. The van der Waals surface area contributed by atoms with E-state index in [-0.39, 0.29) is 30.1 Å². The first-order valence-corrected chi connectivity index (χ1v) is 11.7. The summed E-state index contributed by atoms with van der Waals surface area (Å²) in [4.78, 5) is 37.3. The minimum Gasteiger partial charge on any atom is -0.368 e. The molecule has 0 aromatic heterocycles. The average molecular weight is 449 g/mol. The van der Waals surface area contributed by atoms with Crippen molar-refractivity contribution >= 4 is 34.6 Å². The monoisotopic (exact) mass is 448 g/mol. The molecular weight excluding hydrogens is 419 g/mol. The summed E-state index contributed by atoms with van der Waals surface area (Å²) in [6, 6.07) is 10.5. The highest BCUT2D eigenvalue weighted by Crippen LogP contribution is 2.39. The molecule has 2 fully saturated rings. The number of aryl methyl sites for hydroxylation is 2. The Balaban J connectivity index is 1.33.